The number of rotatable bonds is 7. The summed E-state index contributed by atoms with van der Waals surface area (Å²) in [5.41, 5.74) is 3.27. The van der Waals surface area contributed by atoms with Gasteiger partial charge in [0.2, 0.25) is 5.91 Å². The summed E-state index contributed by atoms with van der Waals surface area (Å²) in [5.74, 6) is 1.54. The number of piperidine rings is 1. The number of carbonyl (C=O) groups excluding carboxylic acids is 1. The van der Waals surface area contributed by atoms with E-state index < -0.39 is 6.10 Å². The summed E-state index contributed by atoms with van der Waals surface area (Å²) in [6.07, 6.45) is 4.14. The molecule has 2 N–H and O–H groups in total. The number of aliphatic hydroxyl groups is 1. The van der Waals surface area contributed by atoms with E-state index in [-0.39, 0.29) is 12.5 Å². The molecule has 1 fully saturated rings. The highest BCUT2D eigenvalue weighted by atomic mass is 16.5. The predicted molar refractivity (Wildman–Crippen MR) is 114 cm³/mol. The molecule has 2 aromatic rings. The standard InChI is InChI=1S/C24H30N2O3/c27-20(17-29-23-8-4-7-22-21(23)9-10-24(28)25-22)16-26-13-11-19(12-14-26)15-18-5-2-1-3-6-18/h1-8,19-20,27H,9-17H2,(H,25,28). The lowest BCUT2D eigenvalue weighted by Crippen LogP contribution is -2.41. The van der Waals surface area contributed by atoms with E-state index >= 15 is 0 Å². The summed E-state index contributed by atoms with van der Waals surface area (Å²) in [5, 5.41) is 13.4. The van der Waals surface area contributed by atoms with Gasteiger partial charge in [-0.15, -0.1) is 0 Å². The Kier molecular flexibility index (Phi) is 6.47. The molecule has 0 spiro atoms. The SMILES string of the molecule is O=C1CCc2c(cccc2OCC(O)CN2CCC(Cc3ccccc3)CC2)N1. The molecule has 2 heterocycles. The first-order valence-corrected chi connectivity index (χ1v) is 10.7. The predicted octanol–water partition coefficient (Wildman–Crippen LogP) is 3.27. The molecule has 154 valence electrons. The zero-order valence-electron chi connectivity index (χ0n) is 16.8. The number of ether oxygens (including phenoxy) is 1. The van der Waals surface area contributed by atoms with Gasteiger partial charge in [0.1, 0.15) is 18.5 Å². The van der Waals surface area contributed by atoms with E-state index in [1.165, 1.54) is 18.4 Å². The van der Waals surface area contributed by atoms with Crippen LogP contribution in [0.3, 0.4) is 0 Å². The van der Waals surface area contributed by atoms with Crippen molar-refractivity contribution in [1.29, 1.82) is 0 Å². The summed E-state index contributed by atoms with van der Waals surface area (Å²) < 4.78 is 5.92. The Morgan fingerprint density at radius 3 is 2.66 bits per heavy atom. The van der Waals surface area contributed by atoms with Gasteiger partial charge in [-0.05, 0) is 62.4 Å². The number of hydrogen-bond acceptors (Lipinski definition) is 4. The molecule has 1 unspecified atom stereocenters. The third kappa shape index (κ3) is 5.37. The van der Waals surface area contributed by atoms with Crippen LogP contribution in [0.25, 0.3) is 0 Å². The minimum Gasteiger partial charge on any atom is -0.490 e. The van der Waals surface area contributed by atoms with Gasteiger partial charge in [0.05, 0.1) is 0 Å². The number of benzene rings is 2. The van der Waals surface area contributed by atoms with Crippen molar-refractivity contribution in [1.82, 2.24) is 4.90 Å². The molecule has 2 aliphatic rings. The summed E-state index contributed by atoms with van der Waals surface area (Å²) in [6, 6.07) is 16.4. The molecule has 0 aliphatic carbocycles. The van der Waals surface area contributed by atoms with E-state index in [9.17, 15) is 9.90 Å². The van der Waals surface area contributed by atoms with Gasteiger partial charge in [-0.25, -0.2) is 0 Å². The number of carbonyl (C=O) groups is 1. The lowest BCUT2D eigenvalue weighted by Gasteiger charge is -2.33. The molecule has 5 heteroatoms. The van der Waals surface area contributed by atoms with E-state index in [0.717, 1.165) is 42.4 Å². The van der Waals surface area contributed by atoms with Crippen molar-refractivity contribution in [3.63, 3.8) is 0 Å². The van der Waals surface area contributed by atoms with Crippen LogP contribution in [-0.4, -0.2) is 48.3 Å². The monoisotopic (exact) mass is 394 g/mol. The van der Waals surface area contributed by atoms with Crippen LogP contribution in [0.15, 0.2) is 48.5 Å². The molecule has 0 saturated carbocycles. The van der Waals surface area contributed by atoms with Gasteiger partial charge in [-0.2, -0.15) is 0 Å². The van der Waals surface area contributed by atoms with Crippen LogP contribution in [0.5, 0.6) is 5.75 Å². The quantitative estimate of drug-likeness (QED) is 0.757. The van der Waals surface area contributed by atoms with Crippen molar-refractivity contribution in [2.24, 2.45) is 5.92 Å². The third-order valence-electron chi connectivity index (χ3n) is 5.98. The summed E-state index contributed by atoms with van der Waals surface area (Å²) in [4.78, 5) is 13.9. The third-order valence-corrected chi connectivity index (χ3v) is 5.98. The number of aliphatic hydroxyl groups excluding tert-OH is 1. The molecule has 29 heavy (non-hydrogen) atoms. The Hall–Kier alpha value is -2.37. The second-order valence-electron chi connectivity index (χ2n) is 8.23. The maximum Gasteiger partial charge on any atom is 0.224 e. The van der Waals surface area contributed by atoms with E-state index in [1.807, 2.05) is 18.2 Å². The highest BCUT2D eigenvalue weighted by molar-refractivity contribution is 5.94. The number of nitrogens with one attached hydrogen (secondary N) is 1. The van der Waals surface area contributed by atoms with Crippen molar-refractivity contribution in [3.8, 4) is 5.75 Å². The largest absolute Gasteiger partial charge is 0.490 e. The molecule has 1 amide bonds. The van der Waals surface area contributed by atoms with E-state index in [1.54, 1.807) is 0 Å². The molecular formula is C24H30N2O3. The number of amides is 1. The Labute approximate surface area is 172 Å². The first kappa shape index (κ1) is 19.9. The van der Waals surface area contributed by atoms with Crippen LogP contribution < -0.4 is 10.1 Å². The van der Waals surface area contributed by atoms with Crippen LogP contribution in [0.4, 0.5) is 5.69 Å². The maximum absolute atomic E-state index is 11.6. The van der Waals surface area contributed by atoms with Crippen molar-refractivity contribution in [3.05, 3.63) is 59.7 Å². The van der Waals surface area contributed by atoms with Crippen molar-refractivity contribution >= 4 is 11.6 Å². The van der Waals surface area contributed by atoms with E-state index in [4.69, 9.17) is 4.74 Å². The maximum atomic E-state index is 11.6. The van der Waals surface area contributed by atoms with Crippen molar-refractivity contribution in [2.45, 2.75) is 38.2 Å². The molecule has 0 aromatic heterocycles. The molecule has 5 nitrogen and oxygen atoms in total. The second kappa shape index (κ2) is 9.42. The number of likely N-dealkylation sites (tertiary alicyclic amines) is 1. The van der Waals surface area contributed by atoms with E-state index in [0.29, 0.717) is 19.4 Å². The first-order chi connectivity index (χ1) is 14.2. The molecule has 2 aromatic carbocycles. The lowest BCUT2D eigenvalue weighted by atomic mass is 9.90. The summed E-state index contributed by atoms with van der Waals surface area (Å²) in [6.45, 7) is 2.97. The Balaban J connectivity index is 1.22. The summed E-state index contributed by atoms with van der Waals surface area (Å²) in [7, 11) is 0. The number of anilines is 1. The minimum absolute atomic E-state index is 0.0466. The average molecular weight is 395 g/mol. The fourth-order valence-electron chi connectivity index (χ4n) is 4.38. The topological polar surface area (TPSA) is 61.8 Å². The van der Waals surface area contributed by atoms with Gasteiger partial charge in [0.15, 0.2) is 0 Å². The van der Waals surface area contributed by atoms with Crippen molar-refractivity contribution < 1.29 is 14.6 Å². The van der Waals surface area contributed by atoms with Gasteiger partial charge >= 0.3 is 0 Å². The molecule has 0 radical (unpaired) electrons. The normalized spacial score (nSPS) is 18.7. The molecule has 1 atom stereocenters. The molecule has 4 rings (SSSR count). The summed E-state index contributed by atoms with van der Waals surface area (Å²) >= 11 is 0. The van der Waals surface area contributed by atoms with Crippen LogP contribution in [0.2, 0.25) is 0 Å². The Morgan fingerprint density at radius 1 is 1.07 bits per heavy atom. The van der Waals surface area contributed by atoms with Crippen LogP contribution in [0.1, 0.15) is 30.4 Å². The zero-order chi connectivity index (χ0) is 20.1. The minimum atomic E-state index is -0.519. The van der Waals surface area contributed by atoms with Gasteiger partial charge in [-0.1, -0.05) is 36.4 Å². The number of fused-ring (bicyclic) bond motifs is 1. The fraction of sp³-hybridized carbons (Fsp3) is 0.458. The average Bonchev–Trinajstić information content (AvgIpc) is 2.74. The smallest absolute Gasteiger partial charge is 0.224 e. The van der Waals surface area contributed by atoms with Crippen LogP contribution in [0, 0.1) is 5.92 Å². The molecular weight excluding hydrogens is 364 g/mol. The first-order valence-electron chi connectivity index (χ1n) is 10.7. The van der Waals surface area contributed by atoms with Gasteiger partial charge < -0.3 is 20.1 Å². The number of hydrogen-bond donors (Lipinski definition) is 2. The lowest BCUT2D eigenvalue weighted by molar-refractivity contribution is -0.116. The highest BCUT2D eigenvalue weighted by Gasteiger charge is 2.22. The number of β-amino-alcohol motifs (C(OH)–C–C–N with tert-alkyl or cyclic N) is 1. The molecule has 1 saturated heterocycles. The Morgan fingerprint density at radius 2 is 1.86 bits per heavy atom. The van der Waals surface area contributed by atoms with E-state index in [2.05, 4.69) is 40.5 Å². The van der Waals surface area contributed by atoms with Crippen LogP contribution in [-0.2, 0) is 17.6 Å². The van der Waals surface area contributed by atoms with Gasteiger partial charge in [0.25, 0.3) is 0 Å². The van der Waals surface area contributed by atoms with Crippen molar-refractivity contribution in [2.75, 3.05) is 31.6 Å². The molecule has 0 bridgehead atoms. The zero-order valence-corrected chi connectivity index (χ0v) is 16.8. The Bertz CT molecular complexity index is 816. The highest BCUT2D eigenvalue weighted by Crippen LogP contribution is 2.31. The van der Waals surface area contributed by atoms with Gasteiger partial charge in [0, 0.05) is 24.2 Å². The molecule has 2 aliphatic heterocycles. The second-order valence-corrected chi connectivity index (χ2v) is 8.23. The number of nitrogens with zero attached hydrogens (tertiary/aromatic N) is 1. The fourth-order valence-corrected chi connectivity index (χ4v) is 4.38. The van der Waals surface area contributed by atoms with Gasteiger partial charge in [-0.3, -0.25) is 4.79 Å². The van der Waals surface area contributed by atoms with Crippen LogP contribution >= 0.6 is 0 Å².